The molecule has 6 heteroatoms. The van der Waals surface area contributed by atoms with Crippen LogP contribution >= 0.6 is 0 Å². The summed E-state index contributed by atoms with van der Waals surface area (Å²) in [4.78, 5) is 24.2. The van der Waals surface area contributed by atoms with E-state index in [9.17, 15) is 9.59 Å². The molecule has 0 saturated carbocycles. The summed E-state index contributed by atoms with van der Waals surface area (Å²) in [6.45, 7) is 7.12. The van der Waals surface area contributed by atoms with Gasteiger partial charge in [-0.15, -0.1) is 0 Å². The first kappa shape index (κ1) is 13.9. The maximum atomic E-state index is 11.7. The molecule has 1 atom stereocenters. The Morgan fingerprint density at radius 3 is 2.65 bits per heavy atom. The SMILES string of the molecule is CC(C)(C)NC(=O)CN1CCOC(C(=O)O)C1. The number of nitrogens with zero attached hydrogens (tertiary/aromatic N) is 1. The summed E-state index contributed by atoms with van der Waals surface area (Å²) in [5, 5.41) is 11.7. The lowest BCUT2D eigenvalue weighted by molar-refractivity contribution is -0.156. The van der Waals surface area contributed by atoms with Gasteiger partial charge in [0.25, 0.3) is 0 Å². The van der Waals surface area contributed by atoms with Gasteiger partial charge in [0.05, 0.1) is 13.2 Å². The van der Waals surface area contributed by atoms with Gasteiger partial charge in [-0.05, 0) is 20.8 Å². The fourth-order valence-corrected chi connectivity index (χ4v) is 1.66. The number of amides is 1. The summed E-state index contributed by atoms with van der Waals surface area (Å²) in [5.74, 6) is -1.07. The number of carbonyl (C=O) groups is 2. The molecule has 0 bridgehead atoms. The summed E-state index contributed by atoms with van der Waals surface area (Å²) in [7, 11) is 0. The highest BCUT2D eigenvalue weighted by molar-refractivity contribution is 5.79. The number of morpholine rings is 1. The van der Waals surface area contributed by atoms with Crippen LogP contribution in [0, 0.1) is 0 Å². The van der Waals surface area contributed by atoms with Crippen molar-refractivity contribution in [2.75, 3.05) is 26.2 Å². The zero-order chi connectivity index (χ0) is 13.1. The van der Waals surface area contributed by atoms with E-state index in [2.05, 4.69) is 5.32 Å². The Morgan fingerprint density at radius 2 is 2.12 bits per heavy atom. The summed E-state index contributed by atoms with van der Waals surface area (Å²) in [6, 6.07) is 0. The van der Waals surface area contributed by atoms with Crippen molar-refractivity contribution in [2.24, 2.45) is 0 Å². The van der Waals surface area contributed by atoms with E-state index in [1.165, 1.54) is 0 Å². The van der Waals surface area contributed by atoms with E-state index in [-0.39, 0.29) is 24.5 Å². The van der Waals surface area contributed by atoms with E-state index < -0.39 is 12.1 Å². The predicted octanol–water partition coefficient (Wildman–Crippen LogP) is -0.313. The quantitative estimate of drug-likeness (QED) is 0.711. The van der Waals surface area contributed by atoms with Gasteiger partial charge >= 0.3 is 5.97 Å². The summed E-state index contributed by atoms with van der Waals surface area (Å²) in [6.07, 6.45) is -0.828. The number of nitrogens with one attached hydrogen (secondary N) is 1. The molecule has 1 fully saturated rings. The van der Waals surface area contributed by atoms with Crippen molar-refractivity contribution in [1.29, 1.82) is 0 Å². The van der Waals surface area contributed by atoms with Crippen molar-refractivity contribution >= 4 is 11.9 Å². The highest BCUT2D eigenvalue weighted by atomic mass is 16.5. The number of carbonyl (C=O) groups excluding carboxylic acids is 1. The number of rotatable bonds is 3. The smallest absolute Gasteiger partial charge is 0.334 e. The van der Waals surface area contributed by atoms with Crippen molar-refractivity contribution in [3.63, 3.8) is 0 Å². The zero-order valence-corrected chi connectivity index (χ0v) is 10.5. The highest BCUT2D eigenvalue weighted by Crippen LogP contribution is 2.05. The molecule has 1 aliphatic rings. The molecule has 98 valence electrons. The fraction of sp³-hybridized carbons (Fsp3) is 0.818. The van der Waals surface area contributed by atoms with Crippen molar-refractivity contribution in [3.05, 3.63) is 0 Å². The van der Waals surface area contributed by atoms with Crippen LogP contribution in [0.25, 0.3) is 0 Å². The van der Waals surface area contributed by atoms with E-state index in [4.69, 9.17) is 9.84 Å². The lowest BCUT2D eigenvalue weighted by Crippen LogP contribution is -2.51. The molecule has 2 N–H and O–H groups in total. The van der Waals surface area contributed by atoms with Gasteiger partial charge in [0, 0.05) is 18.6 Å². The van der Waals surface area contributed by atoms with Crippen molar-refractivity contribution in [2.45, 2.75) is 32.4 Å². The third-order valence-corrected chi connectivity index (χ3v) is 2.31. The van der Waals surface area contributed by atoms with Crippen LogP contribution in [0.3, 0.4) is 0 Å². The van der Waals surface area contributed by atoms with Gasteiger partial charge in [-0.25, -0.2) is 4.79 Å². The standard InChI is InChI=1S/C11H20N2O4/c1-11(2,3)12-9(14)7-13-4-5-17-8(6-13)10(15)16/h8H,4-7H2,1-3H3,(H,12,14)(H,15,16). The van der Waals surface area contributed by atoms with Crippen LogP contribution < -0.4 is 5.32 Å². The molecule has 0 aromatic rings. The number of carboxylic acid groups (broad SMARTS) is 1. The van der Waals surface area contributed by atoms with Crippen LogP contribution in [0.1, 0.15) is 20.8 Å². The fourth-order valence-electron chi connectivity index (χ4n) is 1.66. The van der Waals surface area contributed by atoms with Gasteiger partial charge < -0.3 is 15.2 Å². The number of ether oxygens (including phenoxy) is 1. The largest absolute Gasteiger partial charge is 0.479 e. The minimum atomic E-state index is -0.981. The number of hydrogen-bond donors (Lipinski definition) is 2. The second kappa shape index (κ2) is 5.46. The molecular formula is C11H20N2O4. The first-order chi connectivity index (χ1) is 7.78. The van der Waals surface area contributed by atoms with E-state index >= 15 is 0 Å². The number of carboxylic acids is 1. The Bertz CT molecular complexity index is 298. The minimum absolute atomic E-state index is 0.0939. The molecule has 1 amide bonds. The molecule has 6 nitrogen and oxygen atoms in total. The second-order valence-corrected chi connectivity index (χ2v) is 5.23. The monoisotopic (exact) mass is 244 g/mol. The molecule has 0 aromatic carbocycles. The van der Waals surface area contributed by atoms with Gasteiger partial charge in [-0.2, -0.15) is 0 Å². The van der Waals surface area contributed by atoms with Crippen molar-refractivity contribution < 1.29 is 19.4 Å². The Kier molecular flexibility index (Phi) is 4.47. The van der Waals surface area contributed by atoms with Crippen molar-refractivity contribution in [3.8, 4) is 0 Å². The second-order valence-electron chi connectivity index (χ2n) is 5.23. The molecule has 0 aliphatic carbocycles. The van der Waals surface area contributed by atoms with Crippen LogP contribution in [-0.2, 0) is 14.3 Å². The Hall–Kier alpha value is -1.14. The molecule has 0 aromatic heterocycles. The molecule has 17 heavy (non-hydrogen) atoms. The van der Waals surface area contributed by atoms with Gasteiger partial charge in [0.15, 0.2) is 6.10 Å². The minimum Gasteiger partial charge on any atom is -0.479 e. The van der Waals surface area contributed by atoms with E-state index in [1.54, 1.807) is 4.90 Å². The molecule has 0 spiro atoms. The average Bonchev–Trinajstić information content (AvgIpc) is 2.14. The third kappa shape index (κ3) is 5.14. The summed E-state index contributed by atoms with van der Waals surface area (Å²) < 4.78 is 5.08. The number of hydrogen-bond acceptors (Lipinski definition) is 4. The lowest BCUT2D eigenvalue weighted by Gasteiger charge is -2.31. The first-order valence-electron chi connectivity index (χ1n) is 5.66. The predicted molar refractivity (Wildman–Crippen MR) is 61.7 cm³/mol. The first-order valence-corrected chi connectivity index (χ1v) is 5.66. The normalized spacial score (nSPS) is 22.2. The van der Waals surface area contributed by atoms with Crippen LogP contribution in [-0.4, -0.2) is 59.8 Å². The third-order valence-electron chi connectivity index (χ3n) is 2.31. The Balaban J connectivity index is 2.41. The van der Waals surface area contributed by atoms with Crippen LogP contribution in [0.2, 0.25) is 0 Å². The summed E-state index contributed by atoms with van der Waals surface area (Å²) in [5.41, 5.74) is -0.268. The van der Waals surface area contributed by atoms with Gasteiger partial charge in [0.2, 0.25) is 5.91 Å². The van der Waals surface area contributed by atoms with Gasteiger partial charge in [0.1, 0.15) is 0 Å². The van der Waals surface area contributed by atoms with E-state index in [0.29, 0.717) is 13.2 Å². The van der Waals surface area contributed by atoms with Crippen molar-refractivity contribution in [1.82, 2.24) is 10.2 Å². The molecular weight excluding hydrogens is 224 g/mol. The zero-order valence-electron chi connectivity index (χ0n) is 10.5. The van der Waals surface area contributed by atoms with Crippen LogP contribution in [0.15, 0.2) is 0 Å². The van der Waals surface area contributed by atoms with Gasteiger partial charge in [-0.3, -0.25) is 9.69 Å². The molecule has 1 rings (SSSR count). The molecule has 1 heterocycles. The topological polar surface area (TPSA) is 78.9 Å². The molecule has 1 aliphatic heterocycles. The lowest BCUT2D eigenvalue weighted by atomic mass is 10.1. The maximum Gasteiger partial charge on any atom is 0.334 e. The Morgan fingerprint density at radius 1 is 1.47 bits per heavy atom. The van der Waals surface area contributed by atoms with Gasteiger partial charge in [-0.1, -0.05) is 0 Å². The highest BCUT2D eigenvalue weighted by Gasteiger charge is 2.27. The summed E-state index contributed by atoms with van der Waals surface area (Å²) >= 11 is 0. The molecule has 1 saturated heterocycles. The molecule has 1 unspecified atom stereocenters. The van der Waals surface area contributed by atoms with Crippen LogP contribution in [0.4, 0.5) is 0 Å². The molecule has 0 radical (unpaired) electrons. The van der Waals surface area contributed by atoms with Crippen LogP contribution in [0.5, 0.6) is 0 Å². The average molecular weight is 244 g/mol. The van der Waals surface area contributed by atoms with E-state index in [1.807, 2.05) is 20.8 Å². The van der Waals surface area contributed by atoms with E-state index in [0.717, 1.165) is 0 Å². The Labute approximate surface area is 101 Å². The number of aliphatic carboxylic acids is 1. The maximum absolute atomic E-state index is 11.7.